The largest absolute Gasteiger partial charge is 0.480 e. The van der Waals surface area contributed by atoms with Crippen LogP contribution in [0.3, 0.4) is 0 Å². The SMILES string of the molecule is CC(C(=O)NCc1ccco1)N(CC(=O)O)CC(F)(F)F. The van der Waals surface area contributed by atoms with Crippen molar-refractivity contribution in [2.24, 2.45) is 0 Å². The second-order valence-corrected chi connectivity index (χ2v) is 4.39. The molecule has 0 aromatic carbocycles. The molecule has 0 spiro atoms. The predicted octanol–water partition coefficient (Wildman–Crippen LogP) is 1.23. The smallest absolute Gasteiger partial charge is 0.401 e. The summed E-state index contributed by atoms with van der Waals surface area (Å²) in [5.41, 5.74) is 0. The molecule has 21 heavy (non-hydrogen) atoms. The van der Waals surface area contributed by atoms with Crippen LogP contribution >= 0.6 is 0 Å². The first kappa shape index (κ1) is 17.0. The molecule has 6 nitrogen and oxygen atoms in total. The van der Waals surface area contributed by atoms with Gasteiger partial charge >= 0.3 is 12.1 Å². The van der Waals surface area contributed by atoms with Gasteiger partial charge in [-0.25, -0.2) is 0 Å². The number of carboxylic acids is 1. The number of carboxylic acid groups (broad SMARTS) is 1. The van der Waals surface area contributed by atoms with E-state index in [-0.39, 0.29) is 6.54 Å². The fourth-order valence-corrected chi connectivity index (χ4v) is 1.63. The molecule has 0 saturated heterocycles. The van der Waals surface area contributed by atoms with E-state index in [0.717, 1.165) is 0 Å². The molecular weight excluding hydrogens is 293 g/mol. The molecule has 2 N–H and O–H groups in total. The second-order valence-electron chi connectivity index (χ2n) is 4.39. The molecule has 0 aliphatic carbocycles. The van der Waals surface area contributed by atoms with Gasteiger partial charge in [0.15, 0.2) is 0 Å². The number of nitrogens with zero attached hydrogens (tertiary/aromatic N) is 1. The fraction of sp³-hybridized carbons (Fsp3) is 0.500. The van der Waals surface area contributed by atoms with E-state index in [1.165, 1.54) is 13.2 Å². The van der Waals surface area contributed by atoms with Crippen LogP contribution in [0.15, 0.2) is 22.8 Å². The van der Waals surface area contributed by atoms with Crippen LogP contribution in [0.5, 0.6) is 0 Å². The number of furan rings is 1. The molecule has 0 fully saturated rings. The van der Waals surface area contributed by atoms with Crippen LogP contribution in [-0.4, -0.2) is 47.2 Å². The van der Waals surface area contributed by atoms with E-state index in [1.54, 1.807) is 12.1 Å². The molecule has 1 rings (SSSR count). The van der Waals surface area contributed by atoms with Crippen molar-refractivity contribution in [3.05, 3.63) is 24.2 Å². The highest BCUT2D eigenvalue weighted by Gasteiger charge is 2.35. The molecule has 1 atom stereocenters. The van der Waals surface area contributed by atoms with Gasteiger partial charge in [-0.1, -0.05) is 0 Å². The summed E-state index contributed by atoms with van der Waals surface area (Å²) in [6.45, 7) is -1.13. The molecule has 0 bridgehead atoms. The molecule has 0 saturated carbocycles. The van der Waals surface area contributed by atoms with Crippen molar-refractivity contribution >= 4 is 11.9 Å². The standard InChI is InChI=1S/C12H15F3N2O4/c1-8(11(20)16-5-9-3-2-4-21-9)17(6-10(18)19)7-12(13,14)15/h2-4,8H,5-7H2,1H3,(H,16,20)(H,18,19). The van der Waals surface area contributed by atoms with Gasteiger partial charge in [0, 0.05) is 0 Å². The molecule has 1 amide bonds. The van der Waals surface area contributed by atoms with Crippen molar-refractivity contribution < 1.29 is 32.3 Å². The van der Waals surface area contributed by atoms with Gasteiger partial charge in [-0.2, -0.15) is 13.2 Å². The number of aliphatic carboxylic acids is 1. The summed E-state index contributed by atoms with van der Waals surface area (Å²) in [5, 5.41) is 11.0. The predicted molar refractivity (Wildman–Crippen MR) is 65.3 cm³/mol. The molecular formula is C12H15F3N2O4. The van der Waals surface area contributed by atoms with Crippen molar-refractivity contribution in [1.82, 2.24) is 10.2 Å². The van der Waals surface area contributed by atoms with Gasteiger partial charge in [-0.3, -0.25) is 14.5 Å². The summed E-state index contributed by atoms with van der Waals surface area (Å²) in [7, 11) is 0. The van der Waals surface area contributed by atoms with E-state index in [9.17, 15) is 22.8 Å². The molecule has 1 unspecified atom stereocenters. The van der Waals surface area contributed by atoms with Crippen molar-refractivity contribution in [2.45, 2.75) is 25.7 Å². The molecule has 118 valence electrons. The Morgan fingerprint density at radius 3 is 2.62 bits per heavy atom. The van der Waals surface area contributed by atoms with Crippen molar-refractivity contribution in [1.29, 1.82) is 0 Å². The van der Waals surface area contributed by atoms with E-state index in [1.807, 2.05) is 0 Å². The molecule has 1 aromatic heterocycles. The highest BCUT2D eigenvalue weighted by atomic mass is 19.4. The first-order valence-electron chi connectivity index (χ1n) is 6.01. The minimum atomic E-state index is -4.59. The zero-order valence-electron chi connectivity index (χ0n) is 11.2. The topological polar surface area (TPSA) is 82.8 Å². The van der Waals surface area contributed by atoms with E-state index >= 15 is 0 Å². The Kier molecular flexibility index (Phi) is 5.77. The molecule has 0 radical (unpaired) electrons. The van der Waals surface area contributed by atoms with Crippen LogP contribution in [0.4, 0.5) is 13.2 Å². The average molecular weight is 308 g/mol. The number of hydrogen-bond donors (Lipinski definition) is 2. The summed E-state index contributed by atoms with van der Waals surface area (Å²) in [5.74, 6) is -1.71. The number of hydrogen-bond acceptors (Lipinski definition) is 4. The maximum absolute atomic E-state index is 12.4. The molecule has 1 aromatic rings. The zero-order chi connectivity index (χ0) is 16.0. The third-order valence-electron chi connectivity index (χ3n) is 2.66. The Labute approximate surface area is 118 Å². The van der Waals surface area contributed by atoms with E-state index < -0.39 is 37.2 Å². The van der Waals surface area contributed by atoms with Gasteiger partial charge in [0.25, 0.3) is 0 Å². The summed E-state index contributed by atoms with van der Waals surface area (Å²) in [6, 6.07) is 1.96. The minimum absolute atomic E-state index is 0.0170. The number of carbonyl (C=O) groups is 2. The van der Waals surface area contributed by atoms with Gasteiger partial charge < -0.3 is 14.8 Å². The summed E-state index contributed by atoms with van der Waals surface area (Å²) in [6.07, 6.45) is -3.20. The molecule has 0 aliphatic rings. The lowest BCUT2D eigenvalue weighted by Gasteiger charge is -2.27. The summed E-state index contributed by atoms with van der Waals surface area (Å²) in [4.78, 5) is 22.9. The zero-order valence-corrected chi connectivity index (χ0v) is 11.2. The van der Waals surface area contributed by atoms with E-state index in [4.69, 9.17) is 9.52 Å². The Hall–Kier alpha value is -2.03. The van der Waals surface area contributed by atoms with Gasteiger partial charge in [0.1, 0.15) is 5.76 Å². The quantitative estimate of drug-likeness (QED) is 0.792. The van der Waals surface area contributed by atoms with Crippen LogP contribution in [0.25, 0.3) is 0 Å². The lowest BCUT2D eigenvalue weighted by molar-refractivity contribution is -0.160. The third kappa shape index (κ3) is 6.30. The van der Waals surface area contributed by atoms with Crippen LogP contribution in [0, 0.1) is 0 Å². The maximum Gasteiger partial charge on any atom is 0.401 e. The molecule has 9 heteroatoms. The first-order chi connectivity index (χ1) is 9.69. The van der Waals surface area contributed by atoms with Gasteiger partial charge in [-0.15, -0.1) is 0 Å². The number of rotatable bonds is 7. The fourth-order valence-electron chi connectivity index (χ4n) is 1.63. The lowest BCUT2D eigenvalue weighted by atomic mass is 10.2. The summed E-state index contributed by atoms with van der Waals surface area (Å²) < 4.78 is 42.2. The number of amides is 1. The molecule has 1 heterocycles. The van der Waals surface area contributed by atoms with Crippen LogP contribution in [0.1, 0.15) is 12.7 Å². The number of carbonyl (C=O) groups excluding carboxylic acids is 1. The Balaban J connectivity index is 2.62. The molecule has 0 aliphatic heterocycles. The van der Waals surface area contributed by atoms with E-state index in [2.05, 4.69) is 5.32 Å². The van der Waals surface area contributed by atoms with Gasteiger partial charge in [0.2, 0.25) is 5.91 Å². The van der Waals surface area contributed by atoms with Gasteiger partial charge in [0.05, 0.1) is 31.9 Å². The Bertz CT molecular complexity index is 473. The van der Waals surface area contributed by atoms with Crippen molar-refractivity contribution in [3.8, 4) is 0 Å². The number of nitrogens with one attached hydrogen (secondary N) is 1. The van der Waals surface area contributed by atoms with Crippen LogP contribution in [0.2, 0.25) is 0 Å². The lowest BCUT2D eigenvalue weighted by Crippen LogP contribution is -2.50. The first-order valence-corrected chi connectivity index (χ1v) is 6.01. The van der Waals surface area contributed by atoms with E-state index in [0.29, 0.717) is 10.7 Å². The van der Waals surface area contributed by atoms with Crippen LogP contribution < -0.4 is 5.32 Å². The highest BCUT2D eigenvalue weighted by molar-refractivity contribution is 5.82. The maximum atomic E-state index is 12.4. The number of alkyl halides is 3. The average Bonchev–Trinajstić information content (AvgIpc) is 2.85. The number of halogens is 3. The van der Waals surface area contributed by atoms with Crippen molar-refractivity contribution in [2.75, 3.05) is 13.1 Å². The van der Waals surface area contributed by atoms with Crippen molar-refractivity contribution in [3.63, 3.8) is 0 Å². The normalized spacial score (nSPS) is 13.2. The third-order valence-corrected chi connectivity index (χ3v) is 2.66. The Morgan fingerprint density at radius 1 is 1.48 bits per heavy atom. The second kappa shape index (κ2) is 7.11. The van der Waals surface area contributed by atoms with Crippen LogP contribution in [-0.2, 0) is 16.1 Å². The minimum Gasteiger partial charge on any atom is -0.480 e. The highest BCUT2D eigenvalue weighted by Crippen LogP contribution is 2.18. The summed E-state index contributed by atoms with van der Waals surface area (Å²) >= 11 is 0. The Morgan fingerprint density at radius 2 is 2.14 bits per heavy atom. The van der Waals surface area contributed by atoms with Gasteiger partial charge in [-0.05, 0) is 19.1 Å². The monoisotopic (exact) mass is 308 g/mol.